The van der Waals surface area contributed by atoms with Crippen molar-refractivity contribution < 1.29 is 34.8 Å². The number of rotatable bonds is 9. The molecular formula is C11H19NO7. The van der Waals surface area contributed by atoms with Gasteiger partial charge in [0.25, 0.3) is 0 Å². The molecule has 8 nitrogen and oxygen atoms in total. The Hall–Kier alpha value is -1.35. The summed E-state index contributed by atoms with van der Waals surface area (Å²) in [5.41, 5.74) is 0. The topological polar surface area (TPSA) is 144 Å². The monoisotopic (exact) mass is 277 g/mol. The first-order valence-corrected chi connectivity index (χ1v) is 5.73. The number of hydrogen-bond acceptors (Lipinski definition) is 7. The summed E-state index contributed by atoms with van der Waals surface area (Å²) in [4.78, 5) is 32.0. The van der Waals surface area contributed by atoms with Gasteiger partial charge in [-0.15, -0.1) is 0 Å². The third-order valence-electron chi connectivity index (χ3n) is 2.45. The summed E-state index contributed by atoms with van der Waals surface area (Å²) in [5, 5.41) is 39.3. The van der Waals surface area contributed by atoms with Crippen LogP contribution in [0.2, 0.25) is 0 Å². The highest BCUT2D eigenvalue weighted by atomic mass is 16.4. The lowest BCUT2D eigenvalue weighted by atomic mass is 10.0. The molecule has 8 heteroatoms. The number of carbonyl (C=O) groups excluding carboxylic acids is 3. The van der Waals surface area contributed by atoms with E-state index in [4.69, 9.17) is 5.11 Å². The number of aliphatic hydroxyl groups excluding tert-OH is 4. The minimum Gasteiger partial charge on any atom is -0.388 e. The van der Waals surface area contributed by atoms with Crippen LogP contribution < -0.4 is 5.32 Å². The zero-order chi connectivity index (χ0) is 15.0. The van der Waals surface area contributed by atoms with Crippen LogP contribution in [0.25, 0.3) is 0 Å². The standard InChI is InChI=1S/C11H19NO7/c1-6(14)2-3-9(17)12-4-7(15)10(18)11(19)8(16)5-13/h5,7-8,10-11,15-16,18-19H,2-4H2,1H3,(H,12,17)/t7-,8+,10+,11-/m1/s1. The first kappa shape index (κ1) is 17.6. The molecule has 0 aromatic heterocycles. The van der Waals surface area contributed by atoms with Crippen molar-refractivity contribution in [3.8, 4) is 0 Å². The number of Topliss-reactive ketones (excluding diaryl/α,β-unsaturated/α-hetero) is 1. The van der Waals surface area contributed by atoms with Crippen molar-refractivity contribution in [2.45, 2.75) is 44.2 Å². The molecule has 0 heterocycles. The Bertz CT molecular complexity index is 320. The van der Waals surface area contributed by atoms with E-state index in [-0.39, 0.29) is 31.5 Å². The van der Waals surface area contributed by atoms with Gasteiger partial charge < -0.3 is 35.3 Å². The van der Waals surface area contributed by atoms with E-state index >= 15 is 0 Å². The second kappa shape index (κ2) is 8.70. The number of aliphatic hydroxyl groups is 4. The van der Waals surface area contributed by atoms with Gasteiger partial charge in [-0.2, -0.15) is 0 Å². The maximum Gasteiger partial charge on any atom is 0.220 e. The van der Waals surface area contributed by atoms with Gasteiger partial charge in [-0.25, -0.2) is 0 Å². The minimum absolute atomic E-state index is 0.0199. The van der Waals surface area contributed by atoms with Crippen molar-refractivity contribution in [1.82, 2.24) is 5.32 Å². The Balaban J connectivity index is 4.09. The fourth-order valence-corrected chi connectivity index (χ4v) is 1.23. The number of carbonyl (C=O) groups is 3. The van der Waals surface area contributed by atoms with E-state index in [0.29, 0.717) is 0 Å². The van der Waals surface area contributed by atoms with Crippen LogP contribution in [0.4, 0.5) is 0 Å². The van der Waals surface area contributed by atoms with Crippen molar-refractivity contribution in [3.05, 3.63) is 0 Å². The molecule has 0 aliphatic carbocycles. The van der Waals surface area contributed by atoms with Crippen molar-refractivity contribution >= 4 is 18.0 Å². The Morgan fingerprint density at radius 2 is 1.68 bits per heavy atom. The maximum absolute atomic E-state index is 11.2. The molecule has 0 aliphatic rings. The number of nitrogens with one attached hydrogen (secondary N) is 1. The van der Waals surface area contributed by atoms with E-state index in [1.54, 1.807) is 0 Å². The Kier molecular flexibility index (Phi) is 8.08. The SMILES string of the molecule is CC(=O)CCC(=O)NC[C@@H](O)[C@H](O)[C@H](O)[C@@H](O)C=O. The summed E-state index contributed by atoms with van der Waals surface area (Å²) in [6.45, 7) is 0.962. The third kappa shape index (κ3) is 6.97. The highest BCUT2D eigenvalue weighted by Gasteiger charge is 2.30. The first-order chi connectivity index (χ1) is 8.79. The molecule has 0 bridgehead atoms. The Morgan fingerprint density at radius 3 is 2.16 bits per heavy atom. The van der Waals surface area contributed by atoms with Crippen LogP contribution in [-0.4, -0.2) is 69.4 Å². The normalized spacial score (nSPS) is 17.1. The maximum atomic E-state index is 11.2. The molecule has 19 heavy (non-hydrogen) atoms. The second-order valence-electron chi connectivity index (χ2n) is 4.18. The molecule has 0 aromatic carbocycles. The minimum atomic E-state index is -1.85. The molecule has 0 unspecified atom stereocenters. The summed E-state index contributed by atoms with van der Waals surface area (Å²) in [7, 11) is 0. The van der Waals surface area contributed by atoms with Crippen LogP contribution in [-0.2, 0) is 14.4 Å². The van der Waals surface area contributed by atoms with Crippen molar-refractivity contribution in [3.63, 3.8) is 0 Å². The van der Waals surface area contributed by atoms with Crippen molar-refractivity contribution in [2.75, 3.05) is 6.54 Å². The molecule has 0 rings (SSSR count). The first-order valence-electron chi connectivity index (χ1n) is 5.73. The molecule has 0 saturated carbocycles. The van der Waals surface area contributed by atoms with Gasteiger partial charge in [0.05, 0.1) is 6.10 Å². The van der Waals surface area contributed by atoms with Gasteiger partial charge in [-0.3, -0.25) is 4.79 Å². The van der Waals surface area contributed by atoms with E-state index in [1.807, 2.05) is 0 Å². The predicted octanol–water partition coefficient (Wildman–Crippen LogP) is -2.89. The smallest absolute Gasteiger partial charge is 0.220 e. The molecule has 110 valence electrons. The molecule has 0 radical (unpaired) electrons. The third-order valence-corrected chi connectivity index (χ3v) is 2.45. The summed E-state index contributed by atoms with van der Waals surface area (Å²) in [6.07, 6.45) is -6.96. The molecule has 0 aliphatic heterocycles. The van der Waals surface area contributed by atoms with Crippen LogP contribution in [0.15, 0.2) is 0 Å². The zero-order valence-electron chi connectivity index (χ0n) is 10.5. The summed E-state index contributed by atoms with van der Waals surface area (Å²) >= 11 is 0. The van der Waals surface area contributed by atoms with E-state index in [2.05, 4.69) is 5.32 Å². The lowest BCUT2D eigenvalue weighted by Crippen LogP contribution is -2.49. The lowest BCUT2D eigenvalue weighted by molar-refractivity contribution is -0.134. The van der Waals surface area contributed by atoms with Gasteiger partial charge in [0, 0.05) is 19.4 Å². The van der Waals surface area contributed by atoms with Crippen LogP contribution in [0.5, 0.6) is 0 Å². The fourth-order valence-electron chi connectivity index (χ4n) is 1.23. The van der Waals surface area contributed by atoms with Crippen molar-refractivity contribution in [2.24, 2.45) is 0 Å². The van der Waals surface area contributed by atoms with Gasteiger partial charge in [0.15, 0.2) is 6.29 Å². The van der Waals surface area contributed by atoms with Crippen molar-refractivity contribution in [1.29, 1.82) is 0 Å². The van der Waals surface area contributed by atoms with Crippen LogP contribution in [0, 0.1) is 0 Å². The van der Waals surface area contributed by atoms with Crippen LogP contribution in [0.1, 0.15) is 19.8 Å². The number of ketones is 1. The van der Waals surface area contributed by atoms with E-state index in [9.17, 15) is 29.7 Å². The van der Waals surface area contributed by atoms with Gasteiger partial charge >= 0.3 is 0 Å². The van der Waals surface area contributed by atoms with Crippen LogP contribution >= 0.6 is 0 Å². The number of amides is 1. The highest BCUT2D eigenvalue weighted by Crippen LogP contribution is 2.03. The summed E-state index contributed by atoms with van der Waals surface area (Å²) in [6, 6.07) is 0. The molecular weight excluding hydrogens is 258 g/mol. The van der Waals surface area contributed by atoms with E-state index in [1.165, 1.54) is 6.92 Å². The van der Waals surface area contributed by atoms with Crippen LogP contribution in [0.3, 0.4) is 0 Å². The lowest BCUT2D eigenvalue weighted by Gasteiger charge is -2.24. The molecule has 0 fully saturated rings. The van der Waals surface area contributed by atoms with E-state index < -0.39 is 30.3 Å². The summed E-state index contributed by atoms with van der Waals surface area (Å²) < 4.78 is 0. The molecule has 1 amide bonds. The zero-order valence-corrected chi connectivity index (χ0v) is 10.5. The van der Waals surface area contributed by atoms with Gasteiger partial charge in [-0.1, -0.05) is 0 Å². The fraction of sp³-hybridized carbons (Fsp3) is 0.727. The summed E-state index contributed by atoms with van der Waals surface area (Å²) in [5.74, 6) is -0.646. The molecule has 4 atom stereocenters. The molecule has 0 saturated heterocycles. The van der Waals surface area contributed by atoms with E-state index in [0.717, 1.165) is 0 Å². The largest absolute Gasteiger partial charge is 0.388 e. The van der Waals surface area contributed by atoms with Gasteiger partial charge in [0.1, 0.15) is 24.1 Å². The molecule has 0 spiro atoms. The van der Waals surface area contributed by atoms with Gasteiger partial charge in [0.2, 0.25) is 5.91 Å². The molecule has 0 aromatic rings. The number of hydrogen-bond donors (Lipinski definition) is 5. The Labute approximate surface area is 110 Å². The molecule has 5 N–H and O–H groups in total. The van der Waals surface area contributed by atoms with Gasteiger partial charge in [-0.05, 0) is 6.92 Å². The average Bonchev–Trinajstić information content (AvgIpc) is 2.39. The average molecular weight is 277 g/mol. The highest BCUT2D eigenvalue weighted by molar-refractivity contribution is 5.83. The number of aldehydes is 1. The quantitative estimate of drug-likeness (QED) is 0.285. The second-order valence-corrected chi connectivity index (χ2v) is 4.18. The predicted molar refractivity (Wildman–Crippen MR) is 63.0 cm³/mol. The Morgan fingerprint density at radius 1 is 1.11 bits per heavy atom.